The van der Waals surface area contributed by atoms with E-state index in [1.54, 1.807) is 11.4 Å². The van der Waals surface area contributed by atoms with Crippen LogP contribution in [0.3, 0.4) is 0 Å². The Morgan fingerprint density at radius 2 is 1.79 bits per heavy atom. The fraction of sp³-hybridized carbons (Fsp3) is 0.200. The summed E-state index contributed by atoms with van der Waals surface area (Å²) in [5, 5.41) is 2.46. The van der Waals surface area contributed by atoms with Gasteiger partial charge in [-0.25, -0.2) is 4.98 Å². The van der Waals surface area contributed by atoms with Crippen molar-refractivity contribution in [3.05, 3.63) is 81.8 Å². The molecule has 0 saturated carbocycles. The summed E-state index contributed by atoms with van der Waals surface area (Å²) in [6, 6.07) is 15.5. The summed E-state index contributed by atoms with van der Waals surface area (Å²) >= 11 is 1.38. The van der Waals surface area contributed by atoms with Crippen molar-refractivity contribution in [2.75, 3.05) is 7.05 Å². The average Bonchev–Trinajstić information content (AvgIpc) is 3.10. The fourth-order valence-electron chi connectivity index (χ4n) is 2.64. The molecular weight excluding hydrogens is 389 g/mol. The van der Waals surface area contributed by atoms with Crippen molar-refractivity contribution in [3.63, 3.8) is 0 Å². The number of nitrogens with zero attached hydrogens (tertiary/aromatic N) is 2. The molecule has 0 radical (unpaired) electrons. The second-order valence-electron chi connectivity index (χ2n) is 6.11. The van der Waals surface area contributed by atoms with Crippen molar-refractivity contribution in [3.8, 4) is 5.75 Å². The summed E-state index contributed by atoms with van der Waals surface area (Å²) < 4.78 is 41.7. The number of carbonyl (C=O) groups excluding carboxylic acids is 1. The van der Waals surface area contributed by atoms with Crippen LogP contribution in [0.5, 0.6) is 5.75 Å². The van der Waals surface area contributed by atoms with E-state index in [4.69, 9.17) is 0 Å². The van der Waals surface area contributed by atoms with Gasteiger partial charge in [0.25, 0.3) is 5.91 Å². The van der Waals surface area contributed by atoms with Gasteiger partial charge in [-0.2, -0.15) is 0 Å². The van der Waals surface area contributed by atoms with Crippen molar-refractivity contribution in [1.82, 2.24) is 9.88 Å². The molecule has 3 aromatic rings. The van der Waals surface area contributed by atoms with Crippen LogP contribution in [0, 0.1) is 0 Å². The molecule has 0 aliphatic rings. The van der Waals surface area contributed by atoms with Crippen LogP contribution in [0.25, 0.3) is 0 Å². The maximum absolute atomic E-state index is 12.6. The lowest BCUT2D eigenvalue weighted by molar-refractivity contribution is -0.275. The fourth-order valence-corrected chi connectivity index (χ4v) is 3.44. The van der Waals surface area contributed by atoms with Crippen LogP contribution in [0.1, 0.15) is 26.6 Å². The van der Waals surface area contributed by atoms with Crippen molar-refractivity contribution in [1.29, 1.82) is 0 Å². The third-order valence-corrected chi connectivity index (χ3v) is 4.77. The standard InChI is InChI=1S/C20H17F3N2O2S/c1-25(12-15-9-5-6-10-17(15)27-20(21,22)23)19(26)16-13-28-18(24-16)11-14-7-3-2-4-8-14/h2-10,13H,11-12H2,1H3. The molecule has 3 rings (SSSR count). The smallest absolute Gasteiger partial charge is 0.405 e. The van der Waals surface area contributed by atoms with Crippen LogP contribution in [0.4, 0.5) is 13.2 Å². The monoisotopic (exact) mass is 406 g/mol. The minimum Gasteiger partial charge on any atom is -0.405 e. The van der Waals surface area contributed by atoms with E-state index < -0.39 is 6.36 Å². The first-order valence-corrected chi connectivity index (χ1v) is 9.27. The molecule has 0 saturated heterocycles. The van der Waals surface area contributed by atoms with Crippen molar-refractivity contribution in [2.45, 2.75) is 19.3 Å². The van der Waals surface area contributed by atoms with Crippen molar-refractivity contribution >= 4 is 17.2 Å². The number of thiazole rings is 1. The van der Waals surface area contributed by atoms with Crippen molar-refractivity contribution < 1.29 is 22.7 Å². The highest BCUT2D eigenvalue weighted by Gasteiger charge is 2.32. The first-order chi connectivity index (χ1) is 13.3. The average molecular weight is 406 g/mol. The van der Waals surface area contributed by atoms with Crippen molar-refractivity contribution in [2.24, 2.45) is 0 Å². The number of amides is 1. The lowest BCUT2D eigenvalue weighted by Gasteiger charge is -2.19. The number of para-hydroxylation sites is 1. The van der Waals surface area contributed by atoms with Gasteiger partial charge in [0, 0.05) is 31.0 Å². The predicted molar refractivity (Wildman–Crippen MR) is 100 cm³/mol. The van der Waals surface area contributed by atoms with E-state index in [9.17, 15) is 18.0 Å². The molecule has 1 heterocycles. The molecule has 0 spiro atoms. The second-order valence-corrected chi connectivity index (χ2v) is 7.05. The highest BCUT2D eigenvalue weighted by molar-refractivity contribution is 7.09. The van der Waals surface area contributed by atoms with Gasteiger partial charge in [-0.1, -0.05) is 48.5 Å². The van der Waals surface area contributed by atoms with Gasteiger partial charge in [-0.15, -0.1) is 24.5 Å². The summed E-state index contributed by atoms with van der Waals surface area (Å²) in [5.41, 5.74) is 1.62. The van der Waals surface area contributed by atoms with Gasteiger partial charge in [0.05, 0.1) is 5.01 Å². The van der Waals surface area contributed by atoms with Crippen LogP contribution in [0.2, 0.25) is 0 Å². The zero-order valence-electron chi connectivity index (χ0n) is 14.9. The molecule has 0 unspecified atom stereocenters. The Balaban J connectivity index is 1.69. The number of aromatic nitrogens is 1. The van der Waals surface area contributed by atoms with Gasteiger partial charge in [-0.3, -0.25) is 4.79 Å². The summed E-state index contributed by atoms with van der Waals surface area (Å²) in [6.07, 6.45) is -4.18. The van der Waals surface area contributed by atoms with E-state index in [1.165, 1.54) is 41.5 Å². The molecule has 146 valence electrons. The molecule has 1 aromatic heterocycles. The molecule has 0 atom stereocenters. The molecular formula is C20H17F3N2O2S. The first-order valence-electron chi connectivity index (χ1n) is 8.39. The highest BCUT2D eigenvalue weighted by Crippen LogP contribution is 2.27. The van der Waals surface area contributed by atoms with E-state index in [0.29, 0.717) is 6.42 Å². The number of benzene rings is 2. The first kappa shape index (κ1) is 19.9. The molecule has 0 bridgehead atoms. The van der Waals surface area contributed by atoms with Crippen LogP contribution >= 0.6 is 11.3 Å². The van der Waals surface area contributed by atoms with Gasteiger partial charge < -0.3 is 9.64 Å². The van der Waals surface area contributed by atoms with Gasteiger partial charge in [0.15, 0.2) is 0 Å². The number of halogens is 3. The third kappa shape index (κ3) is 5.32. The maximum atomic E-state index is 12.6. The molecule has 2 aromatic carbocycles. The number of alkyl halides is 3. The topological polar surface area (TPSA) is 42.4 Å². The number of carbonyl (C=O) groups is 1. The van der Waals surface area contributed by atoms with Crippen LogP contribution < -0.4 is 4.74 Å². The Labute approximate surface area is 164 Å². The Kier molecular flexibility index (Phi) is 5.99. The molecule has 0 aliphatic heterocycles. The third-order valence-electron chi connectivity index (χ3n) is 3.92. The zero-order chi connectivity index (χ0) is 20.1. The summed E-state index contributed by atoms with van der Waals surface area (Å²) in [4.78, 5) is 18.3. The summed E-state index contributed by atoms with van der Waals surface area (Å²) in [5.74, 6) is -0.685. The van der Waals surface area contributed by atoms with E-state index in [0.717, 1.165) is 10.6 Å². The van der Waals surface area contributed by atoms with Crippen LogP contribution in [-0.4, -0.2) is 29.2 Å². The van der Waals surface area contributed by atoms with Gasteiger partial charge >= 0.3 is 6.36 Å². The highest BCUT2D eigenvalue weighted by atomic mass is 32.1. The van der Waals surface area contributed by atoms with E-state index in [-0.39, 0.29) is 29.5 Å². The largest absolute Gasteiger partial charge is 0.573 e. The quantitative estimate of drug-likeness (QED) is 0.585. The Morgan fingerprint density at radius 1 is 1.11 bits per heavy atom. The molecule has 28 heavy (non-hydrogen) atoms. The van der Waals surface area contributed by atoms with Crippen LogP contribution in [-0.2, 0) is 13.0 Å². The molecule has 0 aliphatic carbocycles. The lowest BCUT2D eigenvalue weighted by atomic mass is 10.2. The molecule has 0 N–H and O–H groups in total. The lowest BCUT2D eigenvalue weighted by Crippen LogP contribution is -2.27. The minimum absolute atomic E-state index is 0.0311. The number of rotatable bonds is 6. The molecule has 0 fully saturated rings. The normalized spacial score (nSPS) is 11.3. The number of ether oxygens (including phenoxy) is 1. The van der Waals surface area contributed by atoms with Gasteiger partial charge in [0.1, 0.15) is 11.4 Å². The van der Waals surface area contributed by atoms with Crippen LogP contribution in [0.15, 0.2) is 60.0 Å². The summed E-state index contributed by atoms with van der Waals surface area (Å²) in [6.45, 7) is -0.0311. The Morgan fingerprint density at radius 3 is 2.50 bits per heavy atom. The Hall–Kier alpha value is -2.87. The summed E-state index contributed by atoms with van der Waals surface area (Å²) in [7, 11) is 1.52. The number of hydrogen-bond donors (Lipinski definition) is 0. The van der Waals surface area contributed by atoms with Gasteiger partial charge in [0.2, 0.25) is 0 Å². The van der Waals surface area contributed by atoms with Gasteiger partial charge in [-0.05, 0) is 11.6 Å². The minimum atomic E-state index is -4.79. The molecule has 1 amide bonds. The zero-order valence-corrected chi connectivity index (χ0v) is 15.8. The maximum Gasteiger partial charge on any atom is 0.573 e. The van der Waals surface area contributed by atoms with E-state index >= 15 is 0 Å². The van der Waals surface area contributed by atoms with E-state index in [1.807, 2.05) is 30.3 Å². The Bertz CT molecular complexity index is 942. The molecule has 8 heteroatoms. The predicted octanol–water partition coefficient (Wildman–Crippen LogP) is 4.90. The number of hydrogen-bond acceptors (Lipinski definition) is 4. The molecule has 4 nitrogen and oxygen atoms in total. The van der Waals surface area contributed by atoms with E-state index in [2.05, 4.69) is 9.72 Å². The second kappa shape index (κ2) is 8.43. The SMILES string of the molecule is CN(Cc1ccccc1OC(F)(F)F)C(=O)c1csc(Cc2ccccc2)n1.